The van der Waals surface area contributed by atoms with Crippen LogP contribution in [0.3, 0.4) is 0 Å². The minimum Gasteiger partial charge on any atom is -0.364 e. The average Bonchev–Trinajstić information content (AvgIpc) is 3.00. The molecule has 6 heteroatoms. The van der Waals surface area contributed by atoms with Crippen molar-refractivity contribution in [1.82, 2.24) is 14.7 Å². The summed E-state index contributed by atoms with van der Waals surface area (Å²) < 4.78 is 1.43. The lowest BCUT2D eigenvalue weighted by atomic mass is 10.00. The minimum atomic E-state index is -0.604. The molecular formula is C17H20N4O2. The first-order valence-corrected chi connectivity index (χ1v) is 7.81. The van der Waals surface area contributed by atoms with E-state index in [1.807, 2.05) is 30.3 Å². The molecule has 3 rings (SSSR count). The number of carbonyl (C=O) groups excluding carboxylic acids is 2. The summed E-state index contributed by atoms with van der Waals surface area (Å²) in [7, 11) is 0. The first-order chi connectivity index (χ1) is 11.1. The van der Waals surface area contributed by atoms with Crippen LogP contribution in [0, 0.1) is 5.92 Å². The van der Waals surface area contributed by atoms with Crippen LogP contribution in [-0.2, 0) is 0 Å². The highest BCUT2D eigenvalue weighted by atomic mass is 16.2. The van der Waals surface area contributed by atoms with Crippen LogP contribution in [0.4, 0.5) is 0 Å². The Labute approximate surface area is 134 Å². The van der Waals surface area contributed by atoms with E-state index in [0.717, 1.165) is 25.9 Å². The highest BCUT2D eigenvalue weighted by Gasteiger charge is 2.26. The maximum Gasteiger partial charge on any atom is 0.274 e. The summed E-state index contributed by atoms with van der Waals surface area (Å²) in [5.74, 6) is -0.263. The SMILES string of the molecule is CC1CCCN(C(=O)c2cc(C(N)=O)n(-c3ccccc3)n2)C1. The number of likely N-dealkylation sites (tertiary alicyclic amines) is 1. The van der Waals surface area contributed by atoms with Gasteiger partial charge in [0.1, 0.15) is 5.69 Å². The van der Waals surface area contributed by atoms with Gasteiger partial charge in [-0.15, -0.1) is 0 Å². The molecule has 1 unspecified atom stereocenters. The Morgan fingerprint density at radius 2 is 2.00 bits per heavy atom. The van der Waals surface area contributed by atoms with Gasteiger partial charge in [0, 0.05) is 19.2 Å². The van der Waals surface area contributed by atoms with Crippen LogP contribution in [-0.4, -0.2) is 39.6 Å². The van der Waals surface area contributed by atoms with Gasteiger partial charge in [-0.1, -0.05) is 25.1 Å². The molecule has 120 valence electrons. The molecule has 0 spiro atoms. The van der Waals surface area contributed by atoms with Crippen LogP contribution in [0.1, 0.15) is 40.7 Å². The predicted octanol–water partition coefficient (Wildman–Crippen LogP) is 1.84. The largest absolute Gasteiger partial charge is 0.364 e. The Balaban J connectivity index is 1.95. The quantitative estimate of drug-likeness (QED) is 0.939. The van der Waals surface area contributed by atoms with Crippen LogP contribution >= 0.6 is 0 Å². The van der Waals surface area contributed by atoms with Crippen molar-refractivity contribution in [3.8, 4) is 5.69 Å². The van der Waals surface area contributed by atoms with E-state index in [4.69, 9.17) is 5.73 Å². The van der Waals surface area contributed by atoms with Crippen LogP contribution in [0.25, 0.3) is 5.69 Å². The third-order valence-electron chi connectivity index (χ3n) is 4.13. The van der Waals surface area contributed by atoms with Crippen molar-refractivity contribution in [2.45, 2.75) is 19.8 Å². The minimum absolute atomic E-state index is 0.145. The van der Waals surface area contributed by atoms with Gasteiger partial charge in [-0.25, -0.2) is 4.68 Å². The summed E-state index contributed by atoms with van der Waals surface area (Å²) in [6.07, 6.45) is 2.13. The van der Waals surface area contributed by atoms with Crippen LogP contribution in [0.5, 0.6) is 0 Å². The molecule has 1 aliphatic heterocycles. The van der Waals surface area contributed by atoms with E-state index in [0.29, 0.717) is 11.6 Å². The van der Waals surface area contributed by atoms with Crippen molar-refractivity contribution < 1.29 is 9.59 Å². The van der Waals surface area contributed by atoms with Crippen LogP contribution in [0.2, 0.25) is 0 Å². The molecule has 0 radical (unpaired) electrons. The normalized spacial score (nSPS) is 18.0. The third kappa shape index (κ3) is 3.11. The second-order valence-electron chi connectivity index (χ2n) is 6.02. The predicted molar refractivity (Wildman–Crippen MR) is 86.4 cm³/mol. The van der Waals surface area contributed by atoms with E-state index in [2.05, 4.69) is 12.0 Å². The topological polar surface area (TPSA) is 81.2 Å². The lowest BCUT2D eigenvalue weighted by Gasteiger charge is -2.30. The number of primary amides is 1. The molecule has 1 aliphatic rings. The molecule has 2 amide bonds. The monoisotopic (exact) mass is 312 g/mol. The Morgan fingerprint density at radius 3 is 2.65 bits per heavy atom. The number of nitrogens with two attached hydrogens (primary N) is 1. The van der Waals surface area contributed by atoms with Gasteiger partial charge in [0.15, 0.2) is 5.69 Å². The number of aromatic nitrogens is 2. The first kappa shape index (κ1) is 15.3. The molecular weight excluding hydrogens is 292 g/mol. The van der Waals surface area contributed by atoms with Crippen molar-refractivity contribution in [1.29, 1.82) is 0 Å². The zero-order valence-electron chi connectivity index (χ0n) is 13.1. The number of piperidine rings is 1. The Bertz CT molecular complexity index is 723. The van der Waals surface area contributed by atoms with Gasteiger partial charge >= 0.3 is 0 Å². The van der Waals surface area contributed by atoms with Crippen molar-refractivity contribution >= 4 is 11.8 Å². The molecule has 0 bridgehead atoms. The molecule has 2 N–H and O–H groups in total. The van der Waals surface area contributed by atoms with Crippen LogP contribution < -0.4 is 5.73 Å². The zero-order chi connectivity index (χ0) is 16.4. The van der Waals surface area contributed by atoms with Crippen molar-refractivity contribution in [3.05, 3.63) is 47.8 Å². The van der Waals surface area contributed by atoms with Gasteiger partial charge < -0.3 is 10.6 Å². The number of hydrogen-bond donors (Lipinski definition) is 1. The number of para-hydroxylation sites is 1. The molecule has 23 heavy (non-hydrogen) atoms. The average molecular weight is 312 g/mol. The number of carbonyl (C=O) groups is 2. The number of benzene rings is 1. The molecule has 1 aromatic carbocycles. The summed E-state index contributed by atoms with van der Waals surface area (Å²) in [6.45, 7) is 3.59. The van der Waals surface area contributed by atoms with E-state index in [1.165, 1.54) is 10.7 Å². The molecule has 1 atom stereocenters. The second kappa shape index (κ2) is 6.24. The van der Waals surface area contributed by atoms with Crippen LogP contribution in [0.15, 0.2) is 36.4 Å². The lowest BCUT2D eigenvalue weighted by molar-refractivity contribution is 0.0676. The molecule has 0 aliphatic carbocycles. The second-order valence-corrected chi connectivity index (χ2v) is 6.02. The summed E-state index contributed by atoms with van der Waals surface area (Å²) >= 11 is 0. The van der Waals surface area contributed by atoms with Gasteiger partial charge in [-0.3, -0.25) is 9.59 Å². The number of nitrogens with zero attached hydrogens (tertiary/aromatic N) is 3. The molecule has 2 heterocycles. The third-order valence-corrected chi connectivity index (χ3v) is 4.13. The van der Waals surface area contributed by atoms with Crippen molar-refractivity contribution in [3.63, 3.8) is 0 Å². The zero-order valence-corrected chi connectivity index (χ0v) is 13.1. The first-order valence-electron chi connectivity index (χ1n) is 7.81. The molecule has 1 fully saturated rings. The standard InChI is InChI=1S/C17H20N4O2/c1-12-6-5-9-20(11-12)17(23)14-10-15(16(18)22)21(19-14)13-7-3-2-4-8-13/h2-4,7-8,10,12H,5-6,9,11H2,1H3,(H2,18,22). The highest BCUT2D eigenvalue weighted by Crippen LogP contribution is 2.19. The van der Waals surface area contributed by atoms with E-state index < -0.39 is 5.91 Å². The summed E-state index contributed by atoms with van der Waals surface area (Å²) in [5.41, 5.74) is 6.62. The summed E-state index contributed by atoms with van der Waals surface area (Å²) in [4.78, 5) is 26.2. The molecule has 6 nitrogen and oxygen atoms in total. The Morgan fingerprint density at radius 1 is 1.26 bits per heavy atom. The number of hydrogen-bond acceptors (Lipinski definition) is 3. The fourth-order valence-corrected chi connectivity index (χ4v) is 2.96. The molecule has 2 aromatic rings. The van der Waals surface area contributed by atoms with E-state index in [-0.39, 0.29) is 17.3 Å². The van der Waals surface area contributed by atoms with Crippen molar-refractivity contribution in [2.24, 2.45) is 11.7 Å². The number of amides is 2. The van der Waals surface area contributed by atoms with Gasteiger partial charge in [0.2, 0.25) is 0 Å². The van der Waals surface area contributed by atoms with Gasteiger partial charge in [0.05, 0.1) is 5.69 Å². The van der Waals surface area contributed by atoms with Gasteiger partial charge in [-0.05, 0) is 30.9 Å². The maximum atomic E-state index is 12.7. The van der Waals surface area contributed by atoms with Gasteiger partial charge in [0.25, 0.3) is 11.8 Å². The Kier molecular flexibility index (Phi) is 4.14. The number of rotatable bonds is 3. The molecule has 1 aromatic heterocycles. The summed E-state index contributed by atoms with van der Waals surface area (Å²) in [6, 6.07) is 10.7. The van der Waals surface area contributed by atoms with Crippen molar-refractivity contribution in [2.75, 3.05) is 13.1 Å². The fourth-order valence-electron chi connectivity index (χ4n) is 2.96. The summed E-state index contributed by atoms with van der Waals surface area (Å²) in [5, 5.41) is 4.33. The smallest absolute Gasteiger partial charge is 0.274 e. The maximum absolute atomic E-state index is 12.7. The van der Waals surface area contributed by atoms with E-state index in [1.54, 1.807) is 4.90 Å². The van der Waals surface area contributed by atoms with E-state index >= 15 is 0 Å². The lowest BCUT2D eigenvalue weighted by Crippen LogP contribution is -2.39. The Hall–Kier alpha value is -2.63. The molecule has 0 saturated carbocycles. The molecule has 1 saturated heterocycles. The van der Waals surface area contributed by atoms with Gasteiger partial charge in [-0.2, -0.15) is 5.10 Å². The highest BCUT2D eigenvalue weighted by molar-refractivity contribution is 5.97. The fraction of sp³-hybridized carbons (Fsp3) is 0.353. The van der Waals surface area contributed by atoms with E-state index in [9.17, 15) is 9.59 Å².